The molecule has 4 nitrogen and oxygen atoms in total. The van der Waals surface area contributed by atoms with Crippen LogP contribution in [0.25, 0.3) is 11.0 Å². The van der Waals surface area contributed by atoms with Crippen LogP contribution in [-0.4, -0.2) is 17.7 Å². The van der Waals surface area contributed by atoms with Crippen molar-refractivity contribution in [2.75, 3.05) is 17.2 Å². The quantitative estimate of drug-likeness (QED) is 0.413. The van der Waals surface area contributed by atoms with Gasteiger partial charge in [0.15, 0.2) is 11.4 Å². The van der Waals surface area contributed by atoms with Crippen LogP contribution in [0.5, 0.6) is 0 Å². The van der Waals surface area contributed by atoms with E-state index in [1.807, 2.05) is 13.0 Å². The Kier molecular flexibility index (Phi) is 5.04. The molecular formula is C13H10Br3NO3. The Hall–Kier alpha value is -0.660. The number of Topliss-reactive ketones (excluding diaryl/α,β-unsaturated/α-hetero) is 1. The number of alkyl halides is 1. The van der Waals surface area contributed by atoms with E-state index < -0.39 is 5.63 Å². The fourth-order valence-electron chi connectivity index (χ4n) is 1.80. The molecule has 0 fully saturated rings. The van der Waals surface area contributed by atoms with E-state index >= 15 is 0 Å². The molecule has 0 aliphatic heterocycles. The van der Waals surface area contributed by atoms with Crippen LogP contribution >= 0.6 is 47.8 Å². The van der Waals surface area contributed by atoms with Gasteiger partial charge in [-0.25, -0.2) is 4.79 Å². The van der Waals surface area contributed by atoms with Crippen molar-refractivity contribution < 1.29 is 9.21 Å². The van der Waals surface area contributed by atoms with Gasteiger partial charge < -0.3 is 9.73 Å². The monoisotopic (exact) mass is 465 g/mol. The maximum absolute atomic E-state index is 11.9. The first-order valence-electron chi connectivity index (χ1n) is 5.78. The van der Waals surface area contributed by atoms with Crippen LogP contribution in [0, 0.1) is 0 Å². The van der Waals surface area contributed by atoms with E-state index in [0.717, 1.165) is 16.7 Å². The third-order valence-corrected chi connectivity index (χ3v) is 4.58. The molecule has 0 unspecified atom stereocenters. The molecule has 0 aliphatic rings. The van der Waals surface area contributed by atoms with E-state index in [4.69, 9.17) is 4.42 Å². The Morgan fingerprint density at radius 1 is 1.35 bits per heavy atom. The fraction of sp³-hybridized carbons (Fsp3) is 0.231. The largest absolute Gasteiger partial charge is 0.421 e. The van der Waals surface area contributed by atoms with Gasteiger partial charge in [-0.15, -0.1) is 0 Å². The zero-order valence-electron chi connectivity index (χ0n) is 10.4. The lowest BCUT2D eigenvalue weighted by molar-refractivity contribution is 0.102. The highest BCUT2D eigenvalue weighted by Gasteiger charge is 2.17. The number of anilines is 1. The van der Waals surface area contributed by atoms with Crippen LogP contribution in [0.15, 0.2) is 30.3 Å². The van der Waals surface area contributed by atoms with Gasteiger partial charge in [0, 0.05) is 16.4 Å². The summed E-state index contributed by atoms with van der Waals surface area (Å²) in [5, 5.41) is 3.93. The minimum atomic E-state index is -0.632. The van der Waals surface area contributed by atoms with Crippen LogP contribution in [0.3, 0.4) is 0 Å². The first-order valence-corrected chi connectivity index (χ1v) is 8.49. The molecule has 106 valence electrons. The van der Waals surface area contributed by atoms with Gasteiger partial charge in [0.05, 0.1) is 15.5 Å². The molecule has 0 atom stereocenters. The molecule has 20 heavy (non-hydrogen) atoms. The smallest absolute Gasteiger partial charge is 0.347 e. The topological polar surface area (TPSA) is 59.3 Å². The molecule has 0 spiro atoms. The highest BCUT2D eigenvalue weighted by atomic mass is 79.9. The minimum absolute atomic E-state index is 0.0457. The Morgan fingerprint density at radius 3 is 2.65 bits per heavy atom. The van der Waals surface area contributed by atoms with Crippen molar-refractivity contribution >= 4 is 70.2 Å². The summed E-state index contributed by atoms with van der Waals surface area (Å²) < 4.78 is 6.76. The highest BCUT2D eigenvalue weighted by Crippen LogP contribution is 2.37. The summed E-state index contributed by atoms with van der Waals surface area (Å²) in [6.45, 7) is 2.70. The highest BCUT2D eigenvalue weighted by molar-refractivity contribution is 9.11. The molecule has 0 radical (unpaired) electrons. The molecule has 0 bridgehead atoms. The van der Waals surface area contributed by atoms with Crippen LogP contribution in [0.1, 0.15) is 17.3 Å². The van der Waals surface area contributed by atoms with Crippen molar-refractivity contribution in [3.63, 3.8) is 0 Å². The van der Waals surface area contributed by atoms with Crippen molar-refractivity contribution in [3.05, 3.63) is 37.1 Å². The standard InChI is InChI=1S/C13H10Br3NO3/c1-2-17-11-8(15)4-6-3-7(9(18)5-14)13(19)20-12(6)10(11)16/h3-4,17H,2,5H2,1H3. The third kappa shape index (κ3) is 2.84. The lowest BCUT2D eigenvalue weighted by Crippen LogP contribution is -2.14. The zero-order chi connectivity index (χ0) is 14.9. The average Bonchev–Trinajstić information content (AvgIpc) is 2.43. The van der Waals surface area contributed by atoms with E-state index in [1.165, 1.54) is 0 Å². The fourth-order valence-corrected chi connectivity index (χ4v) is 3.61. The summed E-state index contributed by atoms with van der Waals surface area (Å²) in [4.78, 5) is 23.6. The Bertz CT molecular complexity index is 740. The average molecular weight is 468 g/mol. The second-order valence-corrected chi connectivity index (χ2v) is 6.21. The lowest BCUT2D eigenvalue weighted by atomic mass is 10.1. The summed E-state index contributed by atoms with van der Waals surface area (Å²) in [6, 6.07) is 3.36. The lowest BCUT2D eigenvalue weighted by Gasteiger charge is -2.11. The molecule has 7 heteroatoms. The molecule has 0 saturated heterocycles. The van der Waals surface area contributed by atoms with Crippen molar-refractivity contribution in [2.24, 2.45) is 0 Å². The van der Waals surface area contributed by atoms with Gasteiger partial charge in [0.2, 0.25) is 0 Å². The van der Waals surface area contributed by atoms with E-state index in [1.54, 1.807) is 6.07 Å². The number of rotatable bonds is 4. The maximum atomic E-state index is 11.9. The van der Waals surface area contributed by atoms with Crippen LogP contribution in [0.4, 0.5) is 5.69 Å². The number of ketones is 1. The van der Waals surface area contributed by atoms with E-state index in [-0.39, 0.29) is 16.7 Å². The molecule has 0 aliphatic carbocycles. The number of carbonyl (C=O) groups excluding carboxylic acids is 1. The van der Waals surface area contributed by atoms with E-state index in [2.05, 4.69) is 53.1 Å². The van der Waals surface area contributed by atoms with Gasteiger partial charge in [-0.1, -0.05) is 15.9 Å². The molecule has 1 heterocycles. The second kappa shape index (κ2) is 6.41. The summed E-state index contributed by atoms with van der Waals surface area (Å²) in [5.74, 6) is -0.302. The SMILES string of the molecule is CCNc1c(Br)cc2cc(C(=O)CBr)c(=O)oc2c1Br. The van der Waals surface area contributed by atoms with Gasteiger partial charge in [-0.2, -0.15) is 0 Å². The molecule has 0 saturated carbocycles. The number of halogens is 3. The Labute approximate surface area is 140 Å². The van der Waals surface area contributed by atoms with Gasteiger partial charge in [-0.3, -0.25) is 4.79 Å². The van der Waals surface area contributed by atoms with Gasteiger partial charge >= 0.3 is 5.63 Å². The van der Waals surface area contributed by atoms with Crippen molar-refractivity contribution in [3.8, 4) is 0 Å². The van der Waals surface area contributed by atoms with Crippen molar-refractivity contribution in [1.82, 2.24) is 0 Å². The van der Waals surface area contributed by atoms with E-state index in [0.29, 0.717) is 15.4 Å². The molecule has 2 rings (SSSR count). The predicted octanol–water partition coefficient (Wildman–Crippen LogP) is 4.33. The Morgan fingerprint density at radius 2 is 2.05 bits per heavy atom. The summed E-state index contributed by atoms with van der Waals surface area (Å²) >= 11 is 9.94. The van der Waals surface area contributed by atoms with Gasteiger partial charge in [-0.05, 0) is 50.9 Å². The van der Waals surface area contributed by atoms with Crippen molar-refractivity contribution in [1.29, 1.82) is 0 Å². The second-order valence-electron chi connectivity index (χ2n) is 4.00. The van der Waals surface area contributed by atoms with E-state index in [9.17, 15) is 9.59 Å². The molecule has 1 N–H and O–H groups in total. The molecular weight excluding hydrogens is 458 g/mol. The zero-order valence-corrected chi connectivity index (χ0v) is 15.2. The molecule has 0 amide bonds. The number of fused-ring (bicyclic) bond motifs is 1. The molecule has 1 aromatic heterocycles. The number of benzene rings is 1. The number of nitrogens with one attached hydrogen (secondary N) is 1. The predicted molar refractivity (Wildman–Crippen MR) is 90.2 cm³/mol. The Balaban J connectivity index is 2.76. The third-order valence-electron chi connectivity index (χ3n) is 2.69. The normalized spacial score (nSPS) is 10.8. The maximum Gasteiger partial charge on any atom is 0.347 e. The molecule has 2 aromatic rings. The van der Waals surface area contributed by atoms with Crippen LogP contribution in [-0.2, 0) is 0 Å². The van der Waals surface area contributed by atoms with Crippen molar-refractivity contribution in [2.45, 2.75) is 6.92 Å². The minimum Gasteiger partial charge on any atom is -0.421 e. The van der Waals surface area contributed by atoms with Crippen LogP contribution < -0.4 is 10.9 Å². The number of carbonyl (C=O) groups is 1. The van der Waals surface area contributed by atoms with Crippen LogP contribution in [0.2, 0.25) is 0 Å². The van der Waals surface area contributed by atoms with Gasteiger partial charge in [0.25, 0.3) is 0 Å². The number of hydrogen-bond donors (Lipinski definition) is 1. The summed E-state index contributed by atoms with van der Waals surface area (Å²) in [6.07, 6.45) is 0. The number of hydrogen-bond acceptors (Lipinski definition) is 4. The summed E-state index contributed by atoms with van der Waals surface area (Å²) in [7, 11) is 0. The summed E-state index contributed by atoms with van der Waals surface area (Å²) in [5.41, 5.74) is 0.639. The van der Waals surface area contributed by atoms with Gasteiger partial charge in [0.1, 0.15) is 5.56 Å². The molecule has 1 aromatic carbocycles. The first kappa shape index (κ1) is 15.7. The first-order chi connectivity index (χ1) is 9.49.